The van der Waals surface area contributed by atoms with Gasteiger partial charge in [0.2, 0.25) is 5.82 Å². The Morgan fingerprint density at radius 1 is 0.889 bits per heavy atom. The fraction of sp³-hybridized carbons (Fsp3) is 0.235. The van der Waals surface area contributed by atoms with E-state index >= 15 is 0 Å². The molecule has 0 aliphatic carbocycles. The topological polar surface area (TPSA) is 42.5 Å². The minimum Gasteiger partial charge on any atom is -0.493 e. The van der Waals surface area contributed by atoms with E-state index < -0.39 is 34.8 Å². The van der Waals surface area contributed by atoms with Gasteiger partial charge in [-0.05, 0) is 36.3 Å². The summed E-state index contributed by atoms with van der Waals surface area (Å²) in [6, 6.07) is 5.23. The van der Waals surface area contributed by atoms with E-state index in [-0.39, 0.29) is 11.7 Å². The highest BCUT2D eigenvalue weighted by molar-refractivity contribution is 7.80. The molecule has 0 fully saturated rings. The molecule has 2 rings (SSSR count). The van der Waals surface area contributed by atoms with Crippen LogP contribution in [0.2, 0.25) is 0 Å². The normalized spacial score (nSPS) is 10.5. The molecule has 0 radical (unpaired) electrons. The SMILES string of the molecule is COc1ccc(CCNC(=S)Nc2c(F)c(F)c(F)c(F)c2F)cc1OC. The molecule has 10 heteroatoms. The summed E-state index contributed by atoms with van der Waals surface area (Å²) in [5, 5.41) is 4.33. The average Bonchev–Trinajstić information content (AvgIpc) is 2.68. The van der Waals surface area contributed by atoms with Gasteiger partial charge in [-0.3, -0.25) is 0 Å². The third-order valence-electron chi connectivity index (χ3n) is 3.60. The van der Waals surface area contributed by atoms with E-state index in [1.807, 2.05) is 5.32 Å². The van der Waals surface area contributed by atoms with E-state index in [2.05, 4.69) is 5.32 Å². The maximum Gasteiger partial charge on any atom is 0.200 e. The van der Waals surface area contributed by atoms with Crippen molar-refractivity contribution < 1.29 is 31.4 Å². The first kappa shape index (κ1) is 20.7. The number of thiocarbonyl (C=S) groups is 1. The van der Waals surface area contributed by atoms with Crippen LogP contribution in [0, 0.1) is 29.1 Å². The first-order chi connectivity index (χ1) is 12.8. The number of halogens is 5. The third kappa shape index (κ3) is 4.57. The molecule has 0 saturated heterocycles. The Bertz CT molecular complexity index is 835. The molecule has 2 N–H and O–H groups in total. The Morgan fingerprint density at radius 2 is 1.44 bits per heavy atom. The molecular weight excluding hydrogens is 391 g/mol. The smallest absolute Gasteiger partial charge is 0.200 e. The summed E-state index contributed by atoms with van der Waals surface area (Å²) < 4.78 is 76.9. The lowest BCUT2D eigenvalue weighted by Gasteiger charge is -2.14. The quantitative estimate of drug-likeness (QED) is 0.329. The summed E-state index contributed by atoms with van der Waals surface area (Å²) in [6.07, 6.45) is 0.444. The number of benzene rings is 2. The molecule has 0 atom stereocenters. The van der Waals surface area contributed by atoms with E-state index in [4.69, 9.17) is 21.7 Å². The lowest BCUT2D eigenvalue weighted by molar-refractivity contribution is 0.354. The lowest BCUT2D eigenvalue weighted by Crippen LogP contribution is -2.31. The number of nitrogens with one attached hydrogen (secondary N) is 2. The van der Waals surface area contributed by atoms with Crippen molar-refractivity contribution in [3.63, 3.8) is 0 Å². The van der Waals surface area contributed by atoms with Crippen LogP contribution in [0.4, 0.5) is 27.6 Å². The molecule has 0 aromatic heterocycles. The van der Waals surface area contributed by atoms with Gasteiger partial charge in [0, 0.05) is 6.54 Å². The summed E-state index contributed by atoms with van der Waals surface area (Å²) in [7, 11) is 2.99. The number of ether oxygens (including phenoxy) is 2. The van der Waals surface area contributed by atoms with E-state index in [1.165, 1.54) is 14.2 Å². The van der Waals surface area contributed by atoms with E-state index in [9.17, 15) is 22.0 Å². The zero-order chi connectivity index (χ0) is 20.1. The van der Waals surface area contributed by atoms with Crippen LogP contribution in [0.5, 0.6) is 11.5 Å². The molecule has 0 bridgehead atoms. The molecule has 4 nitrogen and oxygen atoms in total. The van der Waals surface area contributed by atoms with Gasteiger partial charge in [0.1, 0.15) is 5.69 Å². The highest BCUT2D eigenvalue weighted by Crippen LogP contribution is 2.28. The van der Waals surface area contributed by atoms with Gasteiger partial charge in [-0.1, -0.05) is 6.07 Å². The highest BCUT2D eigenvalue weighted by Gasteiger charge is 2.26. The minimum atomic E-state index is -2.23. The largest absolute Gasteiger partial charge is 0.493 e. The second kappa shape index (κ2) is 8.85. The summed E-state index contributed by atoms with van der Waals surface area (Å²) in [6.45, 7) is 0.233. The zero-order valence-electron chi connectivity index (χ0n) is 14.3. The van der Waals surface area contributed by atoms with Crippen molar-refractivity contribution in [1.29, 1.82) is 0 Å². The first-order valence-electron chi connectivity index (χ1n) is 7.57. The molecule has 27 heavy (non-hydrogen) atoms. The minimum absolute atomic E-state index is 0.233. The van der Waals surface area contributed by atoms with Crippen LogP contribution in [-0.4, -0.2) is 25.9 Å². The van der Waals surface area contributed by atoms with Crippen molar-refractivity contribution in [3.05, 3.63) is 52.8 Å². The molecule has 0 aliphatic rings. The van der Waals surface area contributed by atoms with E-state index in [0.29, 0.717) is 17.9 Å². The van der Waals surface area contributed by atoms with E-state index in [0.717, 1.165) is 5.56 Å². The standard InChI is InChI=1S/C17H15F5N2O2S/c1-25-9-4-3-8(7-10(9)26-2)5-6-23-17(27)24-16-14(21)12(19)11(18)13(20)15(16)22/h3-4,7H,5-6H2,1-2H3,(H2,23,24,27). The summed E-state index contributed by atoms with van der Waals surface area (Å²) in [4.78, 5) is 0. The Hall–Kier alpha value is -2.62. The van der Waals surface area contributed by atoms with Crippen LogP contribution < -0.4 is 20.1 Å². The number of hydrogen-bond acceptors (Lipinski definition) is 3. The predicted octanol–water partition coefficient (Wildman–Crippen LogP) is 3.93. The summed E-state index contributed by atoms with van der Waals surface area (Å²) in [5.41, 5.74) is -0.366. The van der Waals surface area contributed by atoms with Gasteiger partial charge in [0.05, 0.1) is 14.2 Å². The van der Waals surface area contributed by atoms with Crippen molar-refractivity contribution in [3.8, 4) is 11.5 Å². The van der Waals surface area contributed by atoms with Crippen molar-refractivity contribution >= 4 is 23.0 Å². The first-order valence-corrected chi connectivity index (χ1v) is 7.98. The maximum absolute atomic E-state index is 13.6. The molecule has 0 saturated carbocycles. The summed E-state index contributed by atoms with van der Waals surface area (Å²) >= 11 is 4.84. The van der Waals surface area contributed by atoms with Gasteiger partial charge in [0.25, 0.3) is 0 Å². The van der Waals surface area contributed by atoms with Crippen LogP contribution >= 0.6 is 12.2 Å². The van der Waals surface area contributed by atoms with Gasteiger partial charge in [0.15, 0.2) is 39.9 Å². The molecule has 0 unspecified atom stereocenters. The van der Waals surface area contributed by atoms with Gasteiger partial charge >= 0.3 is 0 Å². The molecule has 0 aliphatic heterocycles. The number of rotatable bonds is 6. The van der Waals surface area contributed by atoms with Crippen LogP contribution in [0.15, 0.2) is 18.2 Å². The Morgan fingerprint density at radius 3 is 2.00 bits per heavy atom. The average molecular weight is 406 g/mol. The van der Waals surface area contributed by atoms with Crippen molar-refractivity contribution in [1.82, 2.24) is 5.32 Å². The maximum atomic E-state index is 13.6. The Balaban J connectivity index is 2.00. The molecule has 146 valence electrons. The van der Waals surface area contributed by atoms with Crippen molar-refractivity contribution in [2.75, 3.05) is 26.1 Å². The fourth-order valence-corrected chi connectivity index (χ4v) is 2.43. The number of anilines is 1. The fourth-order valence-electron chi connectivity index (χ4n) is 2.23. The Kier molecular flexibility index (Phi) is 6.78. The molecule has 2 aromatic carbocycles. The molecule has 0 spiro atoms. The van der Waals surface area contributed by atoms with Gasteiger partial charge in [-0.2, -0.15) is 0 Å². The Labute approximate surface area is 157 Å². The summed E-state index contributed by atoms with van der Waals surface area (Å²) in [5.74, 6) is -9.24. The van der Waals surface area contributed by atoms with Crippen LogP contribution in [0.3, 0.4) is 0 Å². The number of methoxy groups -OCH3 is 2. The molecule has 2 aromatic rings. The zero-order valence-corrected chi connectivity index (χ0v) is 15.1. The molecule has 0 heterocycles. The third-order valence-corrected chi connectivity index (χ3v) is 3.84. The van der Waals surface area contributed by atoms with Crippen LogP contribution in [-0.2, 0) is 6.42 Å². The van der Waals surface area contributed by atoms with Crippen molar-refractivity contribution in [2.45, 2.75) is 6.42 Å². The predicted molar refractivity (Wildman–Crippen MR) is 93.7 cm³/mol. The molecule has 0 amide bonds. The van der Waals surface area contributed by atoms with Crippen molar-refractivity contribution in [2.24, 2.45) is 0 Å². The second-order valence-electron chi connectivity index (χ2n) is 5.27. The highest BCUT2D eigenvalue weighted by atomic mass is 32.1. The molecular formula is C17H15F5N2O2S. The lowest BCUT2D eigenvalue weighted by atomic mass is 10.1. The van der Waals surface area contributed by atoms with Crippen LogP contribution in [0.1, 0.15) is 5.56 Å². The number of hydrogen-bond donors (Lipinski definition) is 2. The van der Waals surface area contributed by atoms with E-state index in [1.54, 1.807) is 18.2 Å². The monoisotopic (exact) mass is 406 g/mol. The van der Waals surface area contributed by atoms with Gasteiger partial charge in [-0.25, -0.2) is 22.0 Å². The second-order valence-corrected chi connectivity index (χ2v) is 5.67. The van der Waals surface area contributed by atoms with Crippen LogP contribution in [0.25, 0.3) is 0 Å². The van der Waals surface area contributed by atoms with Gasteiger partial charge in [-0.15, -0.1) is 0 Å². The van der Waals surface area contributed by atoms with Gasteiger partial charge < -0.3 is 20.1 Å².